The molecule has 2 fully saturated rings. The minimum absolute atomic E-state index is 0.0139. The standard InChI is InChI=1S/C25H25ClN4O5/c1-12-9-14(26)10-16-21(12)28-24(34)25(16)20-19(17(29-25)7-8-18(27)31)22(32)30(23(20)33)11-13-3-5-15(35-2)6-4-13/h3-6,9-10,17,19-20,29H,7-8,11H2,1-2H3,(H2,27,31)(H,28,34)/t17-,19-,20-,25+/m1/s1. The molecule has 0 aliphatic carbocycles. The number of methoxy groups -OCH3 is 1. The summed E-state index contributed by atoms with van der Waals surface area (Å²) in [6, 6.07) is 9.87. The summed E-state index contributed by atoms with van der Waals surface area (Å²) in [6.07, 6.45) is 0.232. The second-order valence-electron chi connectivity index (χ2n) is 9.28. The molecule has 3 aliphatic rings. The van der Waals surface area contributed by atoms with Crippen molar-refractivity contribution in [2.24, 2.45) is 17.6 Å². The number of rotatable bonds is 6. The molecule has 0 saturated carbocycles. The molecule has 35 heavy (non-hydrogen) atoms. The van der Waals surface area contributed by atoms with Gasteiger partial charge in [0.05, 0.1) is 25.5 Å². The minimum Gasteiger partial charge on any atom is -0.497 e. The van der Waals surface area contributed by atoms with Crippen molar-refractivity contribution in [3.05, 3.63) is 58.1 Å². The van der Waals surface area contributed by atoms with E-state index in [0.29, 0.717) is 22.0 Å². The van der Waals surface area contributed by atoms with Crippen molar-refractivity contribution < 1.29 is 23.9 Å². The van der Waals surface area contributed by atoms with Crippen LogP contribution in [0.2, 0.25) is 5.02 Å². The molecule has 5 rings (SSSR count). The van der Waals surface area contributed by atoms with Crippen molar-refractivity contribution in [1.29, 1.82) is 0 Å². The van der Waals surface area contributed by atoms with Crippen molar-refractivity contribution >= 4 is 40.9 Å². The zero-order chi connectivity index (χ0) is 25.1. The molecule has 2 saturated heterocycles. The fraction of sp³-hybridized carbons (Fsp3) is 0.360. The number of hydrogen-bond donors (Lipinski definition) is 3. The Morgan fingerprint density at radius 1 is 1.17 bits per heavy atom. The van der Waals surface area contributed by atoms with E-state index in [9.17, 15) is 19.2 Å². The van der Waals surface area contributed by atoms with Crippen LogP contribution < -0.4 is 21.1 Å². The van der Waals surface area contributed by atoms with E-state index in [1.807, 2.05) is 6.92 Å². The largest absolute Gasteiger partial charge is 0.497 e. The van der Waals surface area contributed by atoms with Gasteiger partial charge in [0.25, 0.3) is 0 Å². The number of imide groups is 1. The molecule has 4 atom stereocenters. The SMILES string of the molecule is COc1ccc(CN2C(=O)[C@@H]3[C@@H](CCC(N)=O)N[C@]4(C(=O)Nc5c(C)cc(Cl)cc54)[C@H]3C2=O)cc1. The number of nitrogens with two attached hydrogens (primary N) is 1. The summed E-state index contributed by atoms with van der Waals surface area (Å²) in [5.74, 6) is -2.90. The molecular weight excluding hydrogens is 472 g/mol. The van der Waals surface area contributed by atoms with Crippen LogP contribution in [0.3, 0.4) is 0 Å². The summed E-state index contributed by atoms with van der Waals surface area (Å²) in [5.41, 5.74) is 6.52. The summed E-state index contributed by atoms with van der Waals surface area (Å²) in [7, 11) is 1.56. The Bertz CT molecular complexity index is 1260. The Kier molecular flexibility index (Phi) is 5.56. The molecule has 10 heteroatoms. The van der Waals surface area contributed by atoms with Gasteiger partial charge in [-0.1, -0.05) is 23.7 Å². The second kappa shape index (κ2) is 8.35. The number of nitrogens with zero attached hydrogens (tertiary/aromatic N) is 1. The Balaban J connectivity index is 1.58. The molecule has 9 nitrogen and oxygen atoms in total. The van der Waals surface area contributed by atoms with Gasteiger partial charge in [-0.25, -0.2) is 0 Å². The number of anilines is 1. The van der Waals surface area contributed by atoms with Crippen molar-refractivity contribution in [2.45, 2.75) is 37.9 Å². The Labute approximate surface area is 206 Å². The van der Waals surface area contributed by atoms with Gasteiger partial charge in [-0.2, -0.15) is 0 Å². The molecule has 0 unspecified atom stereocenters. The van der Waals surface area contributed by atoms with Crippen LogP contribution in [0.15, 0.2) is 36.4 Å². The van der Waals surface area contributed by atoms with Gasteiger partial charge in [-0.3, -0.25) is 29.4 Å². The average Bonchev–Trinajstić information content (AvgIpc) is 3.39. The Hall–Kier alpha value is -3.43. The van der Waals surface area contributed by atoms with E-state index in [1.54, 1.807) is 43.5 Å². The first-order chi connectivity index (χ1) is 16.7. The molecule has 1 spiro atoms. The topological polar surface area (TPSA) is 131 Å². The third kappa shape index (κ3) is 3.49. The van der Waals surface area contributed by atoms with Crippen LogP contribution >= 0.6 is 11.6 Å². The highest BCUT2D eigenvalue weighted by molar-refractivity contribution is 6.31. The smallest absolute Gasteiger partial charge is 0.250 e. The van der Waals surface area contributed by atoms with E-state index >= 15 is 0 Å². The summed E-state index contributed by atoms with van der Waals surface area (Å²) < 4.78 is 5.18. The number of carbonyl (C=O) groups excluding carboxylic acids is 4. The van der Waals surface area contributed by atoms with Gasteiger partial charge in [0.2, 0.25) is 23.6 Å². The summed E-state index contributed by atoms with van der Waals surface area (Å²) in [5, 5.41) is 6.59. The molecule has 4 N–H and O–H groups in total. The number of amides is 4. The number of nitrogens with one attached hydrogen (secondary N) is 2. The number of ether oxygens (including phenoxy) is 1. The van der Waals surface area contributed by atoms with Crippen LogP contribution in [0.5, 0.6) is 5.75 Å². The lowest BCUT2D eigenvalue weighted by atomic mass is 9.76. The Morgan fingerprint density at radius 2 is 1.89 bits per heavy atom. The Morgan fingerprint density at radius 3 is 2.54 bits per heavy atom. The fourth-order valence-electron chi connectivity index (χ4n) is 5.71. The molecule has 3 aliphatic heterocycles. The number of aryl methyl sites for hydroxylation is 1. The monoisotopic (exact) mass is 496 g/mol. The zero-order valence-corrected chi connectivity index (χ0v) is 20.0. The first-order valence-electron chi connectivity index (χ1n) is 11.3. The molecule has 182 valence electrons. The van der Waals surface area contributed by atoms with Crippen LogP contribution in [-0.4, -0.2) is 41.7 Å². The van der Waals surface area contributed by atoms with Gasteiger partial charge in [-0.05, 0) is 48.7 Å². The van der Waals surface area contributed by atoms with E-state index in [1.165, 1.54) is 4.90 Å². The number of fused-ring (bicyclic) bond motifs is 4. The van der Waals surface area contributed by atoms with Gasteiger partial charge >= 0.3 is 0 Å². The van der Waals surface area contributed by atoms with E-state index in [2.05, 4.69) is 10.6 Å². The third-order valence-corrected chi connectivity index (χ3v) is 7.50. The normalized spacial score (nSPS) is 26.8. The fourth-order valence-corrected chi connectivity index (χ4v) is 5.98. The molecule has 2 aromatic carbocycles. The van der Waals surface area contributed by atoms with Gasteiger partial charge < -0.3 is 15.8 Å². The van der Waals surface area contributed by atoms with E-state index < -0.39 is 41.1 Å². The van der Waals surface area contributed by atoms with Crippen LogP contribution in [0.1, 0.15) is 29.5 Å². The van der Waals surface area contributed by atoms with Gasteiger partial charge in [0.15, 0.2) is 0 Å². The highest BCUT2D eigenvalue weighted by atomic mass is 35.5. The van der Waals surface area contributed by atoms with Crippen LogP contribution in [0.25, 0.3) is 0 Å². The molecule has 0 radical (unpaired) electrons. The number of halogens is 1. The summed E-state index contributed by atoms with van der Waals surface area (Å²) in [6.45, 7) is 1.88. The van der Waals surface area contributed by atoms with Crippen molar-refractivity contribution in [3.63, 3.8) is 0 Å². The van der Waals surface area contributed by atoms with Crippen LogP contribution in [-0.2, 0) is 31.3 Å². The predicted octanol–water partition coefficient (Wildman–Crippen LogP) is 1.84. The van der Waals surface area contributed by atoms with Crippen LogP contribution in [0, 0.1) is 18.8 Å². The first-order valence-corrected chi connectivity index (χ1v) is 11.7. The molecule has 0 bridgehead atoms. The average molecular weight is 497 g/mol. The number of likely N-dealkylation sites (tertiary alicyclic amines) is 1. The highest BCUT2D eigenvalue weighted by Gasteiger charge is 2.70. The van der Waals surface area contributed by atoms with Crippen molar-refractivity contribution in [1.82, 2.24) is 10.2 Å². The molecule has 3 heterocycles. The van der Waals surface area contributed by atoms with E-state index in [4.69, 9.17) is 22.1 Å². The number of benzene rings is 2. The maximum absolute atomic E-state index is 13.8. The number of carbonyl (C=O) groups is 4. The molecule has 2 aromatic rings. The highest BCUT2D eigenvalue weighted by Crippen LogP contribution is 2.54. The van der Waals surface area contributed by atoms with Gasteiger partial charge in [0.1, 0.15) is 11.3 Å². The van der Waals surface area contributed by atoms with Gasteiger partial charge in [0, 0.05) is 28.7 Å². The summed E-state index contributed by atoms with van der Waals surface area (Å²) >= 11 is 6.35. The van der Waals surface area contributed by atoms with Crippen molar-refractivity contribution in [2.75, 3.05) is 12.4 Å². The molecule has 0 aromatic heterocycles. The van der Waals surface area contributed by atoms with Crippen molar-refractivity contribution in [3.8, 4) is 5.75 Å². The van der Waals surface area contributed by atoms with E-state index in [0.717, 1.165) is 11.1 Å². The number of hydrogen-bond acceptors (Lipinski definition) is 6. The summed E-state index contributed by atoms with van der Waals surface area (Å²) in [4.78, 5) is 53.7. The van der Waals surface area contributed by atoms with Crippen LogP contribution in [0.4, 0.5) is 5.69 Å². The maximum atomic E-state index is 13.8. The van der Waals surface area contributed by atoms with E-state index in [-0.39, 0.29) is 25.3 Å². The first kappa shape index (κ1) is 23.3. The second-order valence-corrected chi connectivity index (χ2v) is 9.71. The number of primary amides is 1. The molecule has 4 amide bonds. The lowest BCUT2D eigenvalue weighted by molar-refractivity contribution is -0.143. The minimum atomic E-state index is -1.47. The molecular formula is C25H25ClN4O5. The predicted molar refractivity (Wildman–Crippen MR) is 127 cm³/mol. The quantitative estimate of drug-likeness (QED) is 0.523. The maximum Gasteiger partial charge on any atom is 0.250 e. The van der Waals surface area contributed by atoms with Gasteiger partial charge in [-0.15, -0.1) is 0 Å². The third-order valence-electron chi connectivity index (χ3n) is 7.28. The zero-order valence-electron chi connectivity index (χ0n) is 19.3. The lowest BCUT2D eigenvalue weighted by Gasteiger charge is -2.29. The lowest BCUT2D eigenvalue weighted by Crippen LogP contribution is -2.53.